The van der Waals surface area contributed by atoms with Crippen LogP contribution in [0.15, 0.2) is 0 Å². The van der Waals surface area contributed by atoms with Crippen LogP contribution in [0.25, 0.3) is 0 Å². The maximum absolute atomic E-state index is 11.9. The Morgan fingerprint density at radius 3 is 2.72 bits per heavy atom. The van der Waals surface area contributed by atoms with E-state index in [-0.39, 0.29) is 11.8 Å². The van der Waals surface area contributed by atoms with Crippen molar-refractivity contribution in [3.05, 3.63) is 0 Å². The number of carbonyl (C=O) groups excluding carboxylic acids is 2. The normalized spacial score (nSPS) is 31.1. The van der Waals surface area contributed by atoms with Crippen LogP contribution < -0.4 is 0 Å². The Balaban J connectivity index is 1.84. The molecule has 2 heterocycles. The summed E-state index contributed by atoms with van der Waals surface area (Å²) in [5.41, 5.74) is 0. The maximum Gasteiger partial charge on any atom is 0.320 e. The summed E-state index contributed by atoms with van der Waals surface area (Å²) in [5.74, 6) is 1.33. The number of unbranched alkanes of at least 4 members (excludes halogenated alkanes) is 1. The van der Waals surface area contributed by atoms with E-state index in [1.54, 1.807) is 6.92 Å². The fraction of sp³-hybridized carbons (Fsp3) is 0.846. The molecule has 0 aromatic rings. The molecule has 3 atom stereocenters. The predicted molar refractivity (Wildman–Crippen MR) is 73.9 cm³/mol. The molecule has 4 nitrogen and oxygen atoms in total. The summed E-state index contributed by atoms with van der Waals surface area (Å²) in [6, 6.07) is 0.897. The van der Waals surface area contributed by atoms with Gasteiger partial charge in [0, 0.05) is 31.5 Å². The van der Waals surface area contributed by atoms with Crippen LogP contribution in [0.4, 0.5) is 4.79 Å². The van der Waals surface area contributed by atoms with Gasteiger partial charge in [0.15, 0.2) is 0 Å². The van der Waals surface area contributed by atoms with E-state index in [4.69, 9.17) is 0 Å². The molecule has 2 amide bonds. The number of thioether (sulfide) groups is 1. The molecule has 0 aliphatic carbocycles. The molecular formula is C13H22N2O2S. The van der Waals surface area contributed by atoms with Crippen molar-refractivity contribution in [3.63, 3.8) is 0 Å². The number of Topliss-reactive ketones (excluding diaryl/α,β-unsaturated/α-hetero) is 1. The van der Waals surface area contributed by atoms with Crippen molar-refractivity contribution < 1.29 is 9.59 Å². The summed E-state index contributed by atoms with van der Waals surface area (Å²) in [6.45, 7) is 1.65. The van der Waals surface area contributed by atoms with Crippen LogP contribution in [-0.2, 0) is 4.79 Å². The van der Waals surface area contributed by atoms with E-state index in [9.17, 15) is 9.59 Å². The smallest absolute Gasteiger partial charge is 0.320 e. The minimum absolute atomic E-state index is 0.152. The van der Waals surface area contributed by atoms with Gasteiger partial charge in [-0.25, -0.2) is 4.79 Å². The van der Waals surface area contributed by atoms with Gasteiger partial charge in [-0.15, -0.1) is 0 Å². The Morgan fingerprint density at radius 1 is 1.33 bits per heavy atom. The second-order valence-electron chi connectivity index (χ2n) is 5.38. The number of fused-ring (bicyclic) bond motifs is 1. The number of hydrogen-bond donors (Lipinski definition) is 0. The first-order chi connectivity index (χ1) is 8.52. The van der Waals surface area contributed by atoms with Crippen molar-refractivity contribution in [2.45, 2.75) is 49.9 Å². The molecule has 2 aliphatic heterocycles. The van der Waals surface area contributed by atoms with Crippen LogP contribution in [-0.4, -0.2) is 58.8 Å². The summed E-state index contributed by atoms with van der Waals surface area (Å²) >= 11 is 1.98. The molecule has 0 bridgehead atoms. The van der Waals surface area contributed by atoms with E-state index in [1.165, 1.54) is 0 Å². The zero-order valence-corrected chi connectivity index (χ0v) is 12.2. The van der Waals surface area contributed by atoms with Crippen LogP contribution in [0.5, 0.6) is 0 Å². The number of hydrogen-bond acceptors (Lipinski definition) is 3. The van der Waals surface area contributed by atoms with Crippen molar-refractivity contribution in [2.24, 2.45) is 0 Å². The number of ketones is 1. The van der Waals surface area contributed by atoms with Gasteiger partial charge in [-0.1, -0.05) is 6.42 Å². The number of likely N-dealkylation sites (N-methyl/N-ethyl adjacent to an activating group) is 2. The van der Waals surface area contributed by atoms with Gasteiger partial charge >= 0.3 is 6.03 Å². The van der Waals surface area contributed by atoms with Gasteiger partial charge in [-0.05, 0) is 19.8 Å². The molecule has 0 saturated carbocycles. The Kier molecular flexibility index (Phi) is 4.20. The number of amides is 2. The molecule has 5 heteroatoms. The Labute approximate surface area is 113 Å². The lowest BCUT2D eigenvalue weighted by Crippen LogP contribution is -2.38. The van der Waals surface area contributed by atoms with E-state index in [1.807, 2.05) is 35.7 Å². The number of nitrogens with zero attached hydrogens (tertiary/aromatic N) is 2. The third-order valence-corrected chi connectivity index (χ3v) is 5.55. The van der Waals surface area contributed by atoms with Gasteiger partial charge in [-0.2, -0.15) is 11.8 Å². The topological polar surface area (TPSA) is 40.6 Å². The van der Waals surface area contributed by atoms with E-state index in [0.717, 1.165) is 25.0 Å². The molecule has 0 spiro atoms. The highest BCUT2D eigenvalue weighted by molar-refractivity contribution is 8.00. The summed E-state index contributed by atoms with van der Waals surface area (Å²) in [7, 11) is 3.82. The van der Waals surface area contributed by atoms with Gasteiger partial charge in [0.1, 0.15) is 5.78 Å². The lowest BCUT2D eigenvalue weighted by Gasteiger charge is -2.23. The molecular weight excluding hydrogens is 248 g/mol. The van der Waals surface area contributed by atoms with Crippen LogP contribution in [0, 0.1) is 0 Å². The van der Waals surface area contributed by atoms with E-state index in [2.05, 4.69) is 0 Å². The second kappa shape index (κ2) is 5.51. The monoisotopic (exact) mass is 270 g/mol. The fourth-order valence-electron chi connectivity index (χ4n) is 3.01. The highest BCUT2D eigenvalue weighted by atomic mass is 32.2. The quantitative estimate of drug-likeness (QED) is 0.566. The number of urea groups is 1. The van der Waals surface area contributed by atoms with E-state index < -0.39 is 0 Å². The lowest BCUT2D eigenvalue weighted by atomic mass is 10.0. The van der Waals surface area contributed by atoms with Crippen LogP contribution >= 0.6 is 11.8 Å². The molecule has 0 radical (unpaired) electrons. The van der Waals surface area contributed by atoms with Gasteiger partial charge in [0.2, 0.25) is 0 Å². The molecule has 2 rings (SSSR count). The largest absolute Gasteiger partial charge is 0.322 e. The Hall–Kier alpha value is -0.710. The van der Waals surface area contributed by atoms with Gasteiger partial charge < -0.3 is 14.6 Å². The average Bonchev–Trinajstić information content (AvgIpc) is 2.82. The van der Waals surface area contributed by atoms with Crippen molar-refractivity contribution in [1.29, 1.82) is 0 Å². The van der Waals surface area contributed by atoms with Crippen LogP contribution in [0.2, 0.25) is 0 Å². The first-order valence-electron chi connectivity index (χ1n) is 6.63. The molecule has 18 heavy (non-hydrogen) atoms. The summed E-state index contributed by atoms with van der Waals surface area (Å²) in [6.07, 6.45) is 3.88. The molecule has 2 saturated heterocycles. The molecule has 0 aromatic carbocycles. The first kappa shape index (κ1) is 13.7. The van der Waals surface area contributed by atoms with Crippen molar-refractivity contribution in [1.82, 2.24) is 9.80 Å². The second-order valence-corrected chi connectivity index (χ2v) is 6.65. The zero-order chi connectivity index (χ0) is 13.3. The summed E-state index contributed by atoms with van der Waals surface area (Å²) in [4.78, 5) is 26.6. The van der Waals surface area contributed by atoms with Crippen LogP contribution in [0.1, 0.15) is 32.6 Å². The van der Waals surface area contributed by atoms with E-state index >= 15 is 0 Å². The van der Waals surface area contributed by atoms with Crippen LogP contribution in [0.3, 0.4) is 0 Å². The predicted octanol–water partition coefficient (Wildman–Crippen LogP) is 1.99. The third kappa shape index (κ3) is 2.51. The highest BCUT2D eigenvalue weighted by Crippen LogP contribution is 2.40. The van der Waals surface area contributed by atoms with E-state index in [0.29, 0.717) is 23.8 Å². The lowest BCUT2D eigenvalue weighted by molar-refractivity contribution is -0.117. The van der Waals surface area contributed by atoms with Crippen molar-refractivity contribution >= 4 is 23.6 Å². The Morgan fingerprint density at radius 2 is 2.06 bits per heavy atom. The molecule has 102 valence electrons. The third-order valence-electron chi connectivity index (χ3n) is 4.07. The maximum atomic E-state index is 11.9. The van der Waals surface area contributed by atoms with Gasteiger partial charge in [0.25, 0.3) is 0 Å². The molecule has 0 aromatic heterocycles. The van der Waals surface area contributed by atoms with Gasteiger partial charge in [0.05, 0.1) is 12.1 Å². The molecule has 0 N–H and O–H groups in total. The molecule has 2 fully saturated rings. The van der Waals surface area contributed by atoms with Crippen molar-refractivity contribution in [2.75, 3.05) is 19.8 Å². The summed E-state index contributed by atoms with van der Waals surface area (Å²) < 4.78 is 0. The number of carbonyl (C=O) groups is 2. The highest BCUT2D eigenvalue weighted by Gasteiger charge is 2.49. The molecule has 0 unspecified atom stereocenters. The SMILES string of the molecule is CC(=O)CCCC[C@@H]1SC[C@H]2[C@@H]1N(C)C(=O)N2C. The minimum atomic E-state index is 0.152. The average molecular weight is 270 g/mol. The molecule has 2 aliphatic rings. The van der Waals surface area contributed by atoms with Crippen molar-refractivity contribution in [3.8, 4) is 0 Å². The minimum Gasteiger partial charge on any atom is -0.322 e. The standard InChI is InChI=1S/C13H22N2O2S/c1-9(16)6-4-5-7-11-12-10(8-18-11)14(2)13(17)15(12)3/h10-12H,4-8H2,1-3H3/t10-,11-,12-/m0/s1. The Bertz CT molecular complexity index is 348. The first-order valence-corrected chi connectivity index (χ1v) is 7.68. The summed E-state index contributed by atoms with van der Waals surface area (Å²) in [5, 5.41) is 0.542. The zero-order valence-electron chi connectivity index (χ0n) is 11.4. The fourth-order valence-corrected chi connectivity index (χ4v) is 4.77. The number of rotatable bonds is 5. The van der Waals surface area contributed by atoms with Gasteiger partial charge in [-0.3, -0.25) is 0 Å².